The molecule has 1 aromatic carbocycles. The standard InChI is InChI=1S/C17H23FN2O4S/c1-17(2,16(22)20-13-8-10-25(23,24)11-13)15(21)19-9-7-12-5-3-4-6-14(12)18/h3-6,13H,7-11H2,1-2H3,(H,19,21)(H,20,22). The third kappa shape index (κ3) is 5.01. The molecule has 1 aromatic rings. The van der Waals surface area contributed by atoms with Gasteiger partial charge in [0.05, 0.1) is 11.5 Å². The molecule has 1 saturated heterocycles. The molecule has 2 N–H and O–H groups in total. The number of hydrogen-bond donors (Lipinski definition) is 2. The second kappa shape index (κ2) is 7.51. The van der Waals surface area contributed by atoms with E-state index < -0.39 is 33.1 Å². The minimum atomic E-state index is -3.11. The van der Waals surface area contributed by atoms with Crippen LogP contribution in [0, 0.1) is 11.2 Å². The molecule has 2 rings (SSSR count). The maximum absolute atomic E-state index is 13.5. The average molecular weight is 370 g/mol. The van der Waals surface area contributed by atoms with E-state index in [9.17, 15) is 22.4 Å². The van der Waals surface area contributed by atoms with Gasteiger partial charge in [-0.2, -0.15) is 0 Å². The highest BCUT2D eigenvalue weighted by Gasteiger charge is 2.38. The zero-order chi connectivity index (χ0) is 18.7. The SMILES string of the molecule is CC(C)(C(=O)NCCc1ccccc1F)C(=O)NC1CCS(=O)(=O)C1. The Kier molecular flexibility index (Phi) is 5.82. The predicted molar refractivity (Wildman–Crippen MR) is 92.1 cm³/mol. The first-order chi connectivity index (χ1) is 11.6. The molecule has 1 fully saturated rings. The van der Waals surface area contributed by atoms with Gasteiger partial charge in [-0.25, -0.2) is 12.8 Å². The van der Waals surface area contributed by atoms with Gasteiger partial charge in [0.1, 0.15) is 11.2 Å². The van der Waals surface area contributed by atoms with Crippen LogP contribution in [0.3, 0.4) is 0 Å². The van der Waals surface area contributed by atoms with E-state index in [-0.39, 0.29) is 23.9 Å². The summed E-state index contributed by atoms with van der Waals surface area (Å²) < 4.78 is 36.4. The van der Waals surface area contributed by atoms with Crippen molar-refractivity contribution in [3.8, 4) is 0 Å². The number of carbonyl (C=O) groups is 2. The summed E-state index contributed by atoms with van der Waals surface area (Å²) in [6.45, 7) is 3.16. The molecule has 0 bridgehead atoms. The van der Waals surface area contributed by atoms with Crippen molar-refractivity contribution < 1.29 is 22.4 Å². The molecule has 0 aliphatic carbocycles. The van der Waals surface area contributed by atoms with Crippen LogP contribution in [-0.2, 0) is 25.8 Å². The van der Waals surface area contributed by atoms with Gasteiger partial charge in [0.2, 0.25) is 11.8 Å². The largest absolute Gasteiger partial charge is 0.355 e. The van der Waals surface area contributed by atoms with Crippen molar-refractivity contribution >= 4 is 21.7 Å². The number of rotatable bonds is 6. The molecule has 1 unspecified atom stereocenters. The summed E-state index contributed by atoms with van der Waals surface area (Å²) >= 11 is 0. The number of carbonyl (C=O) groups excluding carboxylic acids is 2. The third-order valence-electron chi connectivity index (χ3n) is 4.34. The normalized spacial score (nSPS) is 19.4. The van der Waals surface area contributed by atoms with Crippen molar-refractivity contribution in [1.29, 1.82) is 0 Å². The van der Waals surface area contributed by atoms with E-state index in [0.29, 0.717) is 18.4 Å². The summed E-state index contributed by atoms with van der Waals surface area (Å²) in [5, 5.41) is 5.27. The monoisotopic (exact) mass is 370 g/mol. The van der Waals surface area contributed by atoms with E-state index in [4.69, 9.17) is 0 Å². The van der Waals surface area contributed by atoms with Crippen LogP contribution in [0.15, 0.2) is 24.3 Å². The molecule has 6 nitrogen and oxygen atoms in total. The number of nitrogens with one attached hydrogen (secondary N) is 2. The van der Waals surface area contributed by atoms with Gasteiger partial charge in [0.15, 0.2) is 9.84 Å². The predicted octanol–water partition coefficient (Wildman–Crippen LogP) is 0.814. The topological polar surface area (TPSA) is 92.3 Å². The third-order valence-corrected chi connectivity index (χ3v) is 6.11. The fraction of sp³-hybridized carbons (Fsp3) is 0.529. The van der Waals surface area contributed by atoms with Crippen LogP contribution in [0.25, 0.3) is 0 Å². The van der Waals surface area contributed by atoms with E-state index in [0.717, 1.165) is 0 Å². The number of hydrogen-bond acceptors (Lipinski definition) is 4. The Bertz CT molecular complexity index is 762. The smallest absolute Gasteiger partial charge is 0.235 e. The van der Waals surface area contributed by atoms with Gasteiger partial charge in [0, 0.05) is 12.6 Å². The lowest BCUT2D eigenvalue weighted by Gasteiger charge is -2.24. The van der Waals surface area contributed by atoms with Gasteiger partial charge in [-0.3, -0.25) is 9.59 Å². The first kappa shape index (κ1) is 19.4. The van der Waals surface area contributed by atoms with Crippen molar-refractivity contribution in [2.24, 2.45) is 5.41 Å². The highest BCUT2D eigenvalue weighted by Crippen LogP contribution is 2.18. The molecule has 1 atom stereocenters. The quantitative estimate of drug-likeness (QED) is 0.725. The molecule has 0 spiro atoms. The number of benzene rings is 1. The van der Waals surface area contributed by atoms with E-state index in [1.807, 2.05) is 0 Å². The van der Waals surface area contributed by atoms with Gasteiger partial charge >= 0.3 is 0 Å². The van der Waals surface area contributed by atoms with Crippen LogP contribution in [0.1, 0.15) is 25.8 Å². The Labute approximate surface area is 147 Å². The highest BCUT2D eigenvalue weighted by molar-refractivity contribution is 7.91. The van der Waals surface area contributed by atoms with Crippen molar-refractivity contribution in [1.82, 2.24) is 10.6 Å². The molecular formula is C17H23FN2O4S. The Morgan fingerprint density at radius 3 is 2.52 bits per heavy atom. The van der Waals surface area contributed by atoms with E-state index in [1.54, 1.807) is 18.2 Å². The Balaban J connectivity index is 1.86. The molecule has 25 heavy (non-hydrogen) atoms. The zero-order valence-electron chi connectivity index (χ0n) is 14.3. The first-order valence-corrected chi connectivity index (χ1v) is 9.97. The highest BCUT2D eigenvalue weighted by atomic mass is 32.2. The van der Waals surface area contributed by atoms with Crippen LogP contribution in [0.4, 0.5) is 4.39 Å². The Hall–Kier alpha value is -1.96. The minimum absolute atomic E-state index is 0.0488. The second-order valence-electron chi connectivity index (χ2n) is 6.80. The fourth-order valence-corrected chi connectivity index (χ4v) is 4.28. The van der Waals surface area contributed by atoms with Crippen molar-refractivity contribution in [3.63, 3.8) is 0 Å². The molecule has 0 aromatic heterocycles. The number of halogens is 1. The Morgan fingerprint density at radius 2 is 1.92 bits per heavy atom. The van der Waals surface area contributed by atoms with Crippen LogP contribution in [0.5, 0.6) is 0 Å². The molecule has 138 valence electrons. The maximum Gasteiger partial charge on any atom is 0.235 e. The van der Waals surface area contributed by atoms with Crippen LogP contribution in [0.2, 0.25) is 0 Å². The number of amides is 2. The molecule has 1 heterocycles. The molecule has 8 heteroatoms. The lowest BCUT2D eigenvalue weighted by molar-refractivity contribution is -0.141. The van der Waals surface area contributed by atoms with Gasteiger partial charge in [0.25, 0.3) is 0 Å². The first-order valence-electron chi connectivity index (χ1n) is 8.15. The molecule has 1 aliphatic rings. The molecule has 1 aliphatic heterocycles. The van der Waals surface area contributed by atoms with Gasteiger partial charge in [-0.15, -0.1) is 0 Å². The van der Waals surface area contributed by atoms with E-state index >= 15 is 0 Å². The molecule has 0 radical (unpaired) electrons. The maximum atomic E-state index is 13.5. The van der Waals surface area contributed by atoms with Crippen LogP contribution < -0.4 is 10.6 Å². The van der Waals surface area contributed by atoms with Crippen molar-refractivity contribution in [2.45, 2.75) is 32.7 Å². The fourth-order valence-electron chi connectivity index (χ4n) is 2.61. The number of sulfone groups is 1. The Morgan fingerprint density at radius 1 is 1.24 bits per heavy atom. The van der Waals surface area contributed by atoms with Crippen molar-refractivity contribution in [2.75, 3.05) is 18.1 Å². The van der Waals surface area contributed by atoms with Crippen molar-refractivity contribution in [3.05, 3.63) is 35.6 Å². The van der Waals surface area contributed by atoms with Gasteiger partial charge < -0.3 is 10.6 Å². The molecule has 0 saturated carbocycles. The summed E-state index contributed by atoms with van der Waals surface area (Å²) in [5.41, 5.74) is -0.858. The van der Waals surface area contributed by atoms with Crippen LogP contribution >= 0.6 is 0 Å². The minimum Gasteiger partial charge on any atom is -0.355 e. The van der Waals surface area contributed by atoms with E-state index in [2.05, 4.69) is 10.6 Å². The summed E-state index contributed by atoms with van der Waals surface area (Å²) in [5.74, 6) is -1.38. The second-order valence-corrected chi connectivity index (χ2v) is 9.02. The van der Waals surface area contributed by atoms with E-state index in [1.165, 1.54) is 19.9 Å². The van der Waals surface area contributed by atoms with Gasteiger partial charge in [-0.1, -0.05) is 18.2 Å². The summed E-state index contributed by atoms with van der Waals surface area (Å²) in [6.07, 6.45) is 0.677. The molecule has 2 amide bonds. The van der Waals surface area contributed by atoms with Gasteiger partial charge in [-0.05, 0) is 38.3 Å². The summed E-state index contributed by atoms with van der Waals surface area (Å²) in [6, 6.07) is 5.84. The summed E-state index contributed by atoms with van der Waals surface area (Å²) in [4.78, 5) is 24.6. The van der Waals surface area contributed by atoms with Crippen LogP contribution in [-0.4, -0.2) is 44.3 Å². The summed E-state index contributed by atoms with van der Waals surface area (Å²) in [7, 11) is -3.11. The zero-order valence-corrected chi connectivity index (χ0v) is 15.2. The molecular weight excluding hydrogens is 347 g/mol. The lowest BCUT2D eigenvalue weighted by Crippen LogP contribution is -2.51. The lowest BCUT2D eigenvalue weighted by atomic mass is 9.90. The average Bonchev–Trinajstić information content (AvgIpc) is 2.87.